The molecule has 1 heterocycles. The predicted molar refractivity (Wildman–Crippen MR) is 50.9 cm³/mol. The van der Waals surface area contributed by atoms with Gasteiger partial charge in [-0.3, -0.25) is 0 Å². The number of hydrogen-bond acceptors (Lipinski definition) is 3. The highest BCUT2D eigenvalue weighted by Crippen LogP contribution is 2.30. The minimum absolute atomic E-state index is 0.128. The third kappa shape index (κ3) is 2.93. The highest BCUT2D eigenvalue weighted by atomic mass is 32.2. The van der Waals surface area contributed by atoms with Crippen LogP contribution in [-0.2, 0) is 10.0 Å². The summed E-state index contributed by atoms with van der Waals surface area (Å²) in [6, 6.07) is 0.128. The van der Waals surface area contributed by atoms with Crippen molar-refractivity contribution >= 4 is 10.0 Å². The van der Waals surface area contributed by atoms with Crippen LogP contribution in [0.15, 0.2) is 0 Å². The molecule has 0 aromatic carbocycles. The molecule has 0 amide bonds. The summed E-state index contributed by atoms with van der Waals surface area (Å²) < 4.78 is 25.7. The van der Waals surface area contributed by atoms with Gasteiger partial charge in [-0.25, -0.2) is 13.1 Å². The zero-order chi connectivity index (χ0) is 9.31. The van der Waals surface area contributed by atoms with Crippen molar-refractivity contribution in [2.75, 3.05) is 18.8 Å². The van der Waals surface area contributed by atoms with Gasteiger partial charge in [-0.15, -0.1) is 0 Å². The fourth-order valence-corrected chi connectivity index (χ4v) is 3.41. The topological polar surface area (TPSA) is 58.2 Å². The summed E-state index contributed by atoms with van der Waals surface area (Å²) in [7, 11) is -2.99. The van der Waals surface area contributed by atoms with Gasteiger partial charge in [-0.1, -0.05) is 0 Å². The summed E-state index contributed by atoms with van der Waals surface area (Å²) in [6.07, 6.45) is 3.09. The number of nitrogens with one attached hydrogen (secondary N) is 2. The lowest BCUT2D eigenvalue weighted by Gasteiger charge is -2.11. The first-order valence-electron chi connectivity index (χ1n) is 4.86. The Morgan fingerprint density at radius 1 is 1.31 bits per heavy atom. The lowest BCUT2D eigenvalue weighted by Crippen LogP contribution is -2.38. The standard InChI is InChI=1S/C8H16N2O2S/c11-13(12,6-7-1-2-7)10-8-3-4-9-5-8/h7-10H,1-6H2. The Hall–Kier alpha value is -0.130. The van der Waals surface area contributed by atoms with E-state index >= 15 is 0 Å². The first-order chi connectivity index (χ1) is 6.16. The van der Waals surface area contributed by atoms with E-state index in [9.17, 15) is 8.42 Å². The maximum Gasteiger partial charge on any atom is 0.212 e. The Bertz CT molecular complexity index is 266. The van der Waals surface area contributed by atoms with Crippen molar-refractivity contribution in [3.63, 3.8) is 0 Å². The van der Waals surface area contributed by atoms with Gasteiger partial charge in [-0.2, -0.15) is 0 Å². The van der Waals surface area contributed by atoms with Crippen LogP contribution in [0.5, 0.6) is 0 Å². The van der Waals surface area contributed by atoms with E-state index in [1.807, 2.05) is 0 Å². The molecule has 2 aliphatic rings. The van der Waals surface area contributed by atoms with Crippen LogP contribution in [0.1, 0.15) is 19.3 Å². The Morgan fingerprint density at radius 3 is 2.62 bits per heavy atom. The van der Waals surface area contributed by atoms with E-state index in [0.29, 0.717) is 11.7 Å². The maximum atomic E-state index is 11.5. The molecular formula is C8H16N2O2S. The van der Waals surface area contributed by atoms with E-state index in [1.54, 1.807) is 0 Å². The molecule has 1 unspecified atom stereocenters. The fourth-order valence-electron chi connectivity index (χ4n) is 1.65. The van der Waals surface area contributed by atoms with Crippen LogP contribution < -0.4 is 10.0 Å². The second-order valence-corrected chi connectivity index (χ2v) is 5.83. The van der Waals surface area contributed by atoms with Crippen LogP contribution in [0.3, 0.4) is 0 Å². The van der Waals surface area contributed by atoms with E-state index in [2.05, 4.69) is 10.0 Å². The van der Waals surface area contributed by atoms with Gasteiger partial charge in [0.1, 0.15) is 0 Å². The van der Waals surface area contributed by atoms with Crippen LogP contribution in [0.4, 0.5) is 0 Å². The third-order valence-electron chi connectivity index (χ3n) is 2.56. The molecule has 1 saturated heterocycles. The van der Waals surface area contributed by atoms with E-state index in [0.717, 1.165) is 32.4 Å². The van der Waals surface area contributed by atoms with E-state index in [-0.39, 0.29) is 6.04 Å². The maximum absolute atomic E-state index is 11.5. The molecule has 4 nitrogen and oxygen atoms in total. The highest BCUT2D eigenvalue weighted by Gasteiger charge is 2.29. The van der Waals surface area contributed by atoms with Gasteiger partial charge in [0.15, 0.2) is 0 Å². The predicted octanol–water partition coefficient (Wildman–Crippen LogP) is -0.322. The van der Waals surface area contributed by atoms with Gasteiger partial charge in [0.05, 0.1) is 5.75 Å². The highest BCUT2D eigenvalue weighted by molar-refractivity contribution is 7.89. The molecule has 0 radical (unpaired) electrons. The normalized spacial score (nSPS) is 29.4. The second-order valence-electron chi connectivity index (χ2n) is 4.03. The monoisotopic (exact) mass is 204 g/mol. The first kappa shape index (κ1) is 9.43. The van der Waals surface area contributed by atoms with Crippen molar-refractivity contribution in [2.45, 2.75) is 25.3 Å². The minimum Gasteiger partial charge on any atom is -0.315 e. The molecule has 1 aliphatic heterocycles. The Kier molecular flexibility index (Phi) is 2.58. The van der Waals surface area contributed by atoms with Crippen molar-refractivity contribution in [3.8, 4) is 0 Å². The third-order valence-corrected chi connectivity index (χ3v) is 4.16. The lowest BCUT2D eigenvalue weighted by atomic mass is 10.3. The smallest absolute Gasteiger partial charge is 0.212 e. The summed E-state index contributed by atoms with van der Waals surface area (Å²) in [5.74, 6) is 0.774. The summed E-state index contributed by atoms with van der Waals surface area (Å²) >= 11 is 0. The largest absolute Gasteiger partial charge is 0.315 e. The molecule has 2 fully saturated rings. The average molecular weight is 204 g/mol. The van der Waals surface area contributed by atoms with Gasteiger partial charge in [-0.05, 0) is 31.7 Å². The van der Waals surface area contributed by atoms with Crippen LogP contribution in [0.2, 0.25) is 0 Å². The van der Waals surface area contributed by atoms with Crippen LogP contribution in [0.25, 0.3) is 0 Å². The SMILES string of the molecule is O=S(=O)(CC1CC1)NC1CCNC1. The molecule has 13 heavy (non-hydrogen) atoms. The number of sulfonamides is 1. The van der Waals surface area contributed by atoms with Crippen LogP contribution >= 0.6 is 0 Å². The summed E-state index contributed by atoms with van der Waals surface area (Å²) in [6.45, 7) is 1.71. The summed E-state index contributed by atoms with van der Waals surface area (Å²) in [5.41, 5.74) is 0. The molecule has 0 bridgehead atoms. The Balaban J connectivity index is 1.83. The fraction of sp³-hybridized carbons (Fsp3) is 1.00. The molecule has 1 saturated carbocycles. The molecule has 2 N–H and O–H groups in total. The molecule has 1 atom stereocenters. The molecular weight excluding hydrogens is 188 g/mol. The molecule has 5 heteroatoms. The molecule has 0 aromatic heterocycles. The van der Waals surface area contributed by atoms with E-state index in [1.165, 1.54) is 0 Å². The van der Waals surface area contributed by atoms with Gasteiger partial charge >= 0.3 is 0 Å². The van der Waals surface area contributed by atoms with Crippen molar-refractivity contribution in [3.05, 3.63) is 0 Å². The molecule has 2 rings (SSSR count). The molecule has 0 spiro atoms. The second kappa shape index (κ2) is 3.55. The van der Waals surface area contributed by atoms with Crippen LogP contribution in [0, 0.1) is 5.92 Å². The summed E-state index contributed by atoms with van der Waals surface area (Å²) in [5, 5.41) is 3.14. The van der Waals surface area contributed by atoms with E-state index in [4.69, 9.17) is 0 Å². The Morgan fingerprint density at radius 2 is 2.08 bits per heavy atom. The van der Waals surface area contributed by atoms with Gasteiger partial charge < -0.3 is 5.32 Å². The molecule has 1 aliphatic carbocycles. The van der Waals surface area contributed by atoms with Gasteiger partial charge in [0, 0.05) is 12.6 Å². The summed E-state index contributed by atoms with van der Waals surface area (Å²) in [4.78, 5) is 0. The minimum atomic E-state index is -2.99. The number of hydrogen-bond donors (Lipinski definition) is 2. The van der Waals surface area contributed by atoms with Crippen LogP contribution in [-0.4, -0.2) is 33.3 Å². The zero-order valence-electron chi connectivity index (χ0n) is 7.62. The van der Waals surface area contributed by atoms with Gasteiger partial charge in [0.25, 0.3) is 0 Å². The van der Waals surface area contributed by atoms with E-state index < -0.39 is 10.0 Å². The first-order valence-corrected chi connectivity index (χ1v) is 6.52. The van der Waals surface area contributed by atoms with Gasteiger partial charge in [0.2, 0.25) is 10.0 Å². The molecule has 76 valence electrons. The van der Waals surface area contributed by atoms with Crippen molar-refractivity contribution in [2.24, 2.45) is 5.92 Å². The van der Waals surface area contributed by atoms with Crippen molar-refractivity contribution < 1.29 is 8.42 Å². The quantitative estimate of drug-likeness (QED) is 0.660. The number of rotatable bonds is 4. The van der Waals surface area contributed by atoms with Crippen molar-refractivity contribution in [1.82, 2.24) is 10.0 Å². The van der Waals surface area contributed by atoms with Crippen molar-refractivity contribution in [1.29, 1.82) is 0 Å². The zero-order valence-corrected chi connectivity index (χ0v) is 8.44. The average Bonchev–Trinajstić information content (AvgIpc) is 2.64. The lowest BCUT2D eigenvalue weighted by molar-refractivity contribution is 0.556. The Labute approximate surface area is 79.1 Å². The molecule has 0 aromatic rings.